The molecule has 1 aromatic heterocycles. The maximum atomic E-state index is 12.7. The molecule has 0 unspecified atom stereocenters. The van der Waals surface area contributed by atoms with E-state index in [1.165, 1.54) is 0 Å². The van der Waals surface area contributed by atoms with Gasteiger partial charge in [-0.2, -0.15) is 0 Å². The highest BCUT2D eigenvalue weighted by atomic mass is 16.5. The molecule has 3 fully saturated rings. The summed E-state index contributed by atoms with van der Waals surface area (Å²) in [6, 6.07) is 0. The van der Waals surface area contributed by atoms with Crippen molar-refractivity contribution in [2.24, 2.45) is 5.41 Å². The molecule has 24 heavy (non-hydrogen) atoms. The monoisotopic (exact) mass is 335 g/mol. The number of aromatic nitrogens is 2. The second-order valence-electron chi connectivity index (χ2n) is 7.68. The first-order chi connectivity index (χ1) is 11.6. The number of hydrogen-bond acceptors (Lipinski definition) is 6. The quantitative estimate of drug-likeness (QED) is 0.830. The Balaban J connectivity index is 1.41. The van der Waals surface area contributed by atoms with Gasteiger partial charge in [0.15, 0.2) is 0 Å². The molecule has 1 amide bonds. The van der Waals surface area contributed by atoms with Crippen molar-refractivity contribution in [2.75, 3.05) is 39.5 Å². The van der Waals surface area contributed by atoms with Gasteiger partial charge < -0.3 is 18.8 Å². The number of carbonyl (C=O) groups excluding carboxylic acids is 1. The Kier molecular flexibility index (Phi) is 3.88. The van der Waals surface area contributed by atoms with Crippen LogP contribution in [0.4, 0.5) is 0 Å². The highest BCUT2D eigenvalue weighted by Crippen LogP contribution is 2.40. The summed E-state index contributed by atoms with van der Waals surface area (Å²) in [7, 11) is 0. The van der Waals surface area contributed by atoms with Gasteiger partial charge in [0.1, 0.15) is 0 Å². The van der Waals surface area contributed by atoms with Gasteiger partial charge in [0.25, 0.3) is 0 Å². The third kappa shape index (κ3) is 2.45. The van der Waals surface area contributed by atoms with Crippen LogP contribution in [0, 0.1) is 5.41 Å². The van der Waals surface area contributed by atoms with Crippen LogP contribution in [0.5, 0.6) is 0 Å². The molecule has 0 aromatic carbocycles. The van der Waals surface area contributed by atoms with Crippen molar-refractivity contribution < 1.29 is 18.7 Å². The van der Waals surface area contributed by atoms with Gasteiger partial charge in [-0.05, 0) is 26.2 Å². The minimum atomic E-state index is -0.302. The van der Waals surface area contributed by atoms with Gasteiger partial charge in [-0.3, -0.25) is 4.79 Å². The Labute approximate surface area is 141 Å². The van der Waals surface area contributed by atoms with Crippen LogP contribution >= 0.6 is 0 Å². The fourth-order valence-corrected chi connectivity index (χ4v) is 3.83. The summed E-state index contributed by atoms with van der Waals surface area (Å²) in [5.74, 6) is 1.88. The molecule has 3 saturated heterocycles. The Morgan fingerprint density at radius 2 is 1.92 bits per heavy atom. The SMILES string of the molecule is CCC1(C(=O)N2CC(C)(c3nnc(C4CCOCC4)o3)C2)COC1. The highest BCUT2D eigenvalue weighted by Gasteiger charge is 2.54. The van der Waals surface area contributed by atoms with Crippen LogP contribution in [0.2, 0.25) is 0 Å². The second-order valence-corrected chi connectivity index (χ2v) is 7.68. The predicted molar refractivity (Wildman–Crippen MR) is 84.6 cm³/mol. The summed E-state index contributed by atoms with van der Waals surface area (Å²) in [4.78, 5) is 14.6. The molecule has 0 atom stereocenters. The highest BCUT2D eigenvalue weighted by molar-refractivity contribution is 5.85. The van der Waals surface area contributed by atoms with Gasteiger partial charge in [0.05, 0.1) is 24.0 Å². The van der Waals surface area contributed by atoms with Gasteiger partial charge >= 0.3 is 0 Å². The van der Waals surface area contributed by atoms with Crippen LogP contribution < -0.4 is 0 Å². The van der Waals surface area contributed by atoms with Crippen LogP contribution in [0.15, 0.2) is 4.42 Å². The Hall–Kier alpha value is -1.47. The maximum absolute atomic E-state index is 12.7. The average Bonchev–Trinajstić information content (AvgIpc) is 3.02. The van der Waals surface area contributed by atoms with E-state index in [-0.39, 0.29) is 16.7 Å². The normalized spacial score (nSPS) is 25.8. The third-order valence-electron chi connectivity index (χ3n) is 5.78. The van der Waals surface area contributed by atoms with E-state index >= 15 is 0 Å². The molecule has 3 aliphatic rings. The van der Waals surface area contributed by atoms with Gasteiger partial charge in [-0.25, -0.2) is 0 Å². The van der Waals surface area contributed by atoms with Crippen molar-refractivity contribution in [1.29, 1.82) is 0 Å². The van der Waals surface area contributed by atoms with E-state index in [1.807, 2.05) is 4.90 Å². The van der Waals surface area contributed by atoms with E-state index in [4.69, 9.17) is 13.9 Å². The van der Waals surface area contributed by atoms with Crippen molar-refractivity contribution >= 4 is 5.91 Å². The van der Waals surface area contributed by atoms with E-state index in [0.717, 1.165) is 38.4 Å². The third-order valence-corrected chi connectivity index (χ3v) is 5.78. The first kappa shape index (κ1) is 16.0. The molecule has 0 radical (unpaired) electrons. The van der Waals surface area contributed by atoms with E-state index in [9.17, 15) is 4.79 Å². The number of hydrogen-bond donors (Lipinski definition) is 0. The molecule has 0 N–H and O–H groups in total. The summed E-state index contributed by atoms with van der Waals surface area (Å²) < 4.78 is 16.6. The summed E-state index contributed by atoms with van der Waals surface area (Å²) >= 11 is 0. The Morgan fingerprint density at radius 3 is 2.50 bits per heavy atom. The molecule has 0 aliphatic carbocycles. The van der Waals surface area contributed by atoms with Crippen molar-refractivity contribution in [3.63, 3.8) is 0 Å². The lowest BCUT2D eigenvalue weighted by Gasteiger charge is -2.51. The zero-order valence-corrected chi connectivity index (χ0v) is 14.4. The molecule has 4 rings (SSSR count). The summed E-state index contributed by atoms with van der Waals surface area (Å²) in [6.45, 7) is 8.03. The smallest absolute Gasteiger partial charge is 0.233 e. The largest absolute Gasteiger partial charge is 0.424 e. The molecule has 0 spiro atoms. The number of amides is 1. The number of likely N-dealkylation sites (tertiary alicyclic amines) is 1. The number of carbonyl (C=O) groups is 1. The van der Waals surface area contributed by atoms with Crippen LogP contribution in [0.1, 0.15) is 50.8 Å². The van der Waals surface area contributed by atoms with Gasteiger partial charge in [-0.1, -0.05) is 6.92 Å². The summed E-state index contributed by atoms with van der Waals surface area (Å²) in [5.41, 5.74) is -0.533. The Bertz CT molecular complexity index is 608. The number of ether oxygens (including phenoxy) is 2. The van der Waals surface area contributed by atoms with Gasteiger partial charge in [-0.15, -0.1) is 10.2 Å². The summed E-state index contributed by atoms with van der Waals surface area (Å²) in [6.07, 6.45) is 2.69. The number of nitrogens with zero attached hydrogens (tertiary/aromatic N) is 3. The zero-order valence-electron chi connectivity index (χ0n) is 14.4. The van der Waals surface area contributed by atoms with Gasteiger partial charge in [0, 0.05) is 32.2 Å². The minimum absolute atomic E-state index is 0.206. The van der Waals surface area contributed by atoms with Crippen LogP contribution in [-0.2, 0) is 19.7 Å². The maximum Gasteiger partial charge on any atom is 0.233 e. The molecule has 0 saturated carbocycles. The zero-order chi connectivity index (χ0) is 16.8. The first-order valence-electron chi connectivity index (χ1n) is 8.85. The second kappa shape index (κ2) is 5.81. The lowest BCUT2D eigenvalue weighted by atomic mass is 9.76. The van der Waals surface area contributed by atoms with Crippen molar-refractivity contribution in [2.45, 2.75) is 44.4 Å². The minimum Gasteiger partial charge on any atom is -0.424 e. The molecule has 7 heteroatoms. The van der Waals surface area contributed by atoms with E-state index in [0.29, 0.717) is 38.1 Å². The summed E-state index contributed by atoms with van der Waals surface area (Å²) in [5, 5.41) is 8.53. The van der Waals surface area contributed by atoms with E-state index in [2.05, 4.69) is 24.0 Å². The number of rotatable bonds is 4. The standard InChI is InChI=1S/C17H25N3O4/c1-3-17(10-23-11-17)15(21)20-8-16(2,9-20)14-19-18-13(24-14)12-4-6-22-7-5-12/h12H,3-11H2,1-2H3. The molecule has 132 valence electrons. The topological polar surface area (TPSA) is 77.7 Å². The fraction of sp³-hybridized carbons (Fsp3) is 0.824. The van der Waals surface area contributed by atoms with Crippen LogP contribution in [-0.4, -0.2) is 60.5 Å². The van der Waals surface area contributed by atoms with Crippen LogP contribution in [0.25, 0.3) is 0 Å². The first-order valence-corrected chi connectivity index (χ1v) is 8.85. The lowest BCUT2D eigenvalue weighted by molar-refractivity contribution is -0.180. The van der Waals surface area contributed by atoms with Gasteiger partial charge in [0.2, 0.25) is 17.7 Å². The van der Waals surface area contributed by atoms with E-state index in [1.54, 1.807) is 0 Å². The molecule has 3 aliphatic heterocycles. The molecular formula is C17H25N3O4. The lowest BCUT2D eigenvalue weighted by Crippen LogP contribution is -2.65. The van der Waals surface area contributed by atoms with Crippen molar-refractivity contribution in [3.8, 4) is 0 Å². The molecule has 0 bridgehead atoms. The van der Waals surface area contributed by atoms with E-state index < -0.39 is 0 Å². The molecule has 1 aromatic rings. The molecule has 7 nitrogen and oxygen atoms in total. The average molecular weight is 335 g/mol. The van der Waals surface area contributed by atoms with Crippen LogP contribution in [0.3, 0.4) is 0 Å². The molecule has 4 heterocycles. The predicted octanol–water partition coefficient (Wildman–Crippen LogP) is 1.49. The molecular weight excluding hydrogens is 310 g/mol. The Morgan fingerprint density at radius 1 is 1.21 bits per heavy atom. The fourth-order valence-electron chi connectivity index (χ4n) is 3.83. The van der Waals surface area contributed by atoms with Crippen molar-refractivity contribution in [1.82, 2.24) is 15.1 Å². The van der Waals surface area contributed by atoms with Crippen molar-refractivity contribution in [3.05, 3.63) is 11.8 Å².